The van der Waals surface area contributed by atoms with Crippen LogP contribution in [0.15, 0.2) is 48.1 Å². The van der Waals surface area contributed by atoms with Crippen molar-refractivity contribution in [3.63, 3.8) is 0 Å². The van der Waals surface area contributed by atoms with E-state index in [1.54, 1.807) is 0 Å². The minimum absolute atomic E-state index is 0.619. The fraction of sp³-hybridized carbons (Fsp3) is 0.474. The van der Waals surface area contributed by atoms with Gasteiger partial charge in [0.15, 0.2) is 0 Å². The van der Waals surface area contributed by atoms with E-state index < -0.39 is 0 Å². The molecule has 1 aromatic carbocycles. The fourth-order valence-corrected chi connectivity index (χ4v) is 1.72. The molecule has 0 heterocycles. The minimum Gasteiger partial charge on any atom is -0.0817 e. The van der Waals surface area contributed by atoms with Crippen LogP contribution in [0.25, 0.3) is 0 Å². The summed E-state index contributed by atoms with van der Waals surface area (Å²) in [6.45, 7) is 12.8. The average Bonchev–Trinajstić information content (AvgIpc) is 2.41. The summed E-state index contributed by atoms with van der Waals surface area (Å²) >= 11 is 0. The highest BCUT2D eigenvalue weighted by Gasteiger charge is 1.97. The first kappa shape index (κ1) is 17.7. The number of hydrogen-bond donors (Lipinski definition) is 0. The molecular formula is C19H30. The van der Waals surface area contributed by atoms with Gasteiger partial charge in [-0.1, -0.05) is 82.7 Å². The predicted octanol–water partition coefficient (Wildman–Crippen LogP) is 6.11. The van der Waals surface area contributed by atoms with Gasteiger partial charge >= 0.3 is 0 Å². The predicted molar refractivity (Wildman–Crippen MR) is 88.6 cm³/mol. The molecule has 0 amide bonds. The summed E-state index contributed by atoms with van der Waals surface area (Å²) in [6, 6.07) is 8.82. The van der Waals surface area contributed by atoms with Crippen molar-refractivity contribution in [3.05, 3.63) is 59.2 Å². The SMILES string of the molecule is CC.CC/C=C(\C=C/C(C)C)Cc1ccc(C)cc1. The van der Waals surface area contributed by atoms with Crippen LogP contribution in [0.2, 0.25) is 0 Å². The number of aryl methyl sites for hydroxylation is 1. The Balaban J connectivity index is 0.00000154. The van der Waals surface area contributed by atoms with Crippen molar-refractivity contribution in [1.29, 1.82) is 0 Å². The number of allylic oxidation sites excluding steroid dienone is 4. The molecule has 19 heavy (non-hydrogen) atoms. The van der Waals surface area contributed by atoms with Gasteiger partial charge in [0.2, 0.25) is 0 Å². The first-order chi connectivity index (χ1) is 9.11. The summed E-state index contributed by atoms with van der Waals surface area (Å²) in [6.07, 6.45) is 9.00. The van der Waals surface area contributed by atoms with Crippen LogP contribution in [-0.4, -0.2) is 0 Å². The molecule has 0 unspecified atom stereocenters. The highest BCUT2D eigenvalue weighted by atomic mass is 14.0. The topological polar surface area (TPSA) is 0 Å². The zero-order chi connectivity index (χ0) is 14.7. The Morgan fingerprint density at radius 1 is 1.11 bits per heavy atom. The van der Waals surface area contributed by atoms with Gasteiger partial charge in [-0.3, -0.25) is 0 Å². The Bertz CT molecular complexity index is 377. The zero-order valence-electron chi connectivity index (χ0n) is 13.5. The molecule has 0 aromatic heterocycles. The molecule has 0 spiro atoms. The first-order valence-corrected chi connectivity index (χ1v) is 7.54. The second-order valence-corrected chi connectivity index (χ2v) is 4.95. The molecule has 0 bridgehead atoms. The van der Waals surface area contributed by atoms with Crippen molar-refractivity contribution < 1.29 is 0 Å². The second kappa shape index (κ2) is 10.6. The van der Waals surface area contributed by atoms with Crippen LogP contribution in [0.1, 0.15) is 52.2 Å². The molecule has 106 valence electrons. The Hall–Kier alpha value is -1.30. The fourth-order valence-electron chi connectivity index (χ4n) is 1.72. The molecule has 0 N–H and O–H groups in total. The van der Waals surface area contributed by atoms with Gasteiger partial charge in [-0.25, -0.2) is 0 Å². The van der Waals surface area contributed by atoms with Crippen LogP contribution in [0.4, 0.5) is 0 Å². The zero-order valence-corrected chi connectivity index (χ0v) is 13.5. The number of hydrogen-bond acceptors (Lipinski definition) is 0. The third kappa shape index (κ3) is 8.42. The van der Waals surface area contributed by atoms with Crippen molar-refractivity contribution in [3.8, 4) is 0 Å². The molecule has 1 rings (SSSR count). The summed E-state index contributed by atoms with van der Waals surface area (Å²) in [4.78, 5) is 0. The molecule has 1 aromatic rings. The minimum atomic E-state index is 0.619. The van der Waals surface area contributed by atoms with Gasteiger partial charge in [-0.05, 0) is 36.8 Å². The summed E-state index contributed by atoms with van der Waals surface area (Å²) in [5.41, 5.74) is 4.14. The lowest BCUT2D eigenvalue weighted by Gasteiger charge is -2.04. The molecule has 0 fully saturated rings. The van der Waals surface area contributed by atoms with Crippen LogP contribution >= 0.6 is 0 Å². The maximum absolute atomic E-state index is 2.32. The van der Waals surface area contributed by atoms with E-state index in [4.69, 9.17) is 0 Å². The highest BCUT2D eigenvalue weighted by molar-refractivity contribution is 5.30. The van der Waals surface area contributed by atoms with Crippen LogP contribution in [0.5, 0.6) is 0 Å². The first-order valence-electron chi connectivity index (χ1n) is 7.54. The van der Waals surface area contributed by atoms with E-state index in [2.05, 4.69) is 70.2 Å². The molecule has 0 aliphatic heterocycles. The lowest BCUT2D eigenvalue weighted by molar-refractivity contribution is 0.829. The molecule has 0 radical (unpaired) electrons. The van der Waals surface area contributed by atoms with Gasteiger partial charge in [0, 0.05) is 0 Å². The molecule has 0 atom stereocenters. The van der Waals surface area contributed by atoms with E-state index in [9.17, 15) is 0 Å². The Morgan fingerprint density at radius 2 is 1.68 bits per heavy atom. The largest absolute Gasteiger partial charge is 0.0817 e. The van der Waals surface area contributed by atoms with E-state index in [1.807, 2.05) is 13.8 Å². The van der Waals surface area contributed by atoms with Gasteiger partial charge in [-0.15, -0.1) is 0 Å². The quantitative estimate of drug-likeness (QED) is 0.559. The second-order valence-electron chi connectivity index (χ2n) is 4.95. The van der Waals surface area contributed by atoms with Crippen molar-refractivity contribution in [2.24, 2.45) is 5.92 Å². The molecule has 0 aliphatic carbocycles. The third-order valence-corrected chi connectivity index (χ3v) is 2.69. The summed E-state index contributed by atoms with van der Waals surface area (Å²) in [7, 11) is 0. The molecule has 0 heteroatoms. The third-order valence-electron chi connectivity index (χ3n) is 2.69. The summed E-state index contributed by atoms with van der Waals surface area (Å²) < 4.78 is 0. The maximum Gasteiger partial charge on any atom is -0.00290 e. The smallest absolute Gasteiger partial charge is 0.00290 e. The average molecular weight is 258 g/mol. The van der Waals surface area contributed by atoms with Gasteiger partial charge < -0.3 is 0 Å². The highest BCUT2D eigenvalue weighted by Crippen LogP contribution is 2.12. The van der Waals surface area contributed by atoms with Crippen LogP contribution in [0.3, 0.4) is 0 Å². The molecular weight excluding hydrogens is 228 g/mol. The van der Waals surface area contributed by atoms with Crippen LogP contribution in [0, 0.1) is 12.8 Å². The summed E-state index contributed by atoms with van der Waals surface area (Å²) in [5.74, 6) is 0.619. The van der Waals surface area contributed by atoms with Gasteiger partial charge in [0.25, 0.3) is 0 Å². The van der Waals surface area contributed by atoms with E-state index in [-0.39, 0.29) is 0 Å². The molecule has 0 saturated heterocycles. The van der Waals surface area contributed by atoms with Crippen LogP contribution < -0.4 is 0 Å². The maximum atomic E-state index is 2.32. The molecule has 0 aliphatic rings. The van der Waals surface area contributed by atoms with Crippen LogP contribution in [-0.2, 0) is 6.42 Å². The standard InChI is InChI=1S/C17H24.C2H6/c1-5-6-16(10-7-14(2)3)13-17-11-8-15(4)9-12-17;1-2/h6-12,14H,5,13H2,1-4H3;1-2H3/b10-7-,16-6+;. The van der Waals surface area contributed by atoms with E-state index in [0.717, 1.165) is 12.8 Å². The van der Waals surface area contributed by atoms with Crippen molar-refractivity contribution in [2.75, 3.05) is 0 Å². The molecule has 0 saturated carbocycles. The van der Waals surface area contributed by atoms with E-state index >= 15 is 0 Å². The number of rotatable bonds is 5. The van der Waals surface area contributed by atoms with E-state index in [1.165, 1.54) is 16.7 Å². The number of benzene rings is 1. The van der Waals surface area contributed by atoms with Gasteiger partial charge in [-0.2, -0.15) is 0 Å². The Morgan fingerprint density at radius 3 is 2.16 bits per heavy atom. The Labute approximate surface area is 120 Å². The summed E-state index contributed by atoms with van der Waals surface area (Å²) in [5, 5.41) is 0. The lowest BCUT2D eigenvalue weighted by Crippen LogP contribution is -1.89. The van der Waals surface area contributed by atoms with E-state index in [0.29, 0.717) is 5.92 Å². The monoisotopic (exact) mass is 258 g/mol. The van der Waals surface area contributed by atoms with Gasteiger partial charge in [0.05, 0.1) is 0 Å². The Kier molecular flexibility index (Phi) is 9.88. The molecule has 0 nitrogen and oxygen atoms in total. The normalized spacial score (nSPS) is 11.6. The van der Waals surface area contributed by atoms with Gasteiger partial charge in [0.1, 0.15) is 0 Å². The van der Waals surface area contributed by atoms with Crippen molar-refractivity contribution in [2.45, 2.75) is 54.4 Å². The van der Waals surface area contributed by atoms with Crippen molar-refractivity contribution in [1.82, 2.24) is 0 Å². The lowest BCUT2D eigenvalue weighted by atomic mass is 10.0. The van der Waals surface area contributed by atoms with Crippen molar-refractivity contribution >= 4 is 0 Å².